The van der Waals surface area contributed by atoms with Gasteiger partial charge in [0.2, 0.25) is 5.91 Å². The first-order chi connectivity index (χ1) is 12.0. The monoisotopic (exact) mass is 337 g/mol. The highest BCUT2D eigenvalue weighted by Gasteiger charge is 2.10. The summed E-state index contributed by atoms with van der Waals surface area (Å²) in [5, 5.41) is 6.89. The predicted molar refractivity (Wildman–Crippen MR) is 97.2 cm³/mol. The first kappa shape index (κ1) is 16.5. The lowest BCUT2D eigenvalue weighted by atomic mass is 10.2. The third-order valence-corrected chi connectivity index (χ3v) is 3.73. The number of hydrogen-bond acceptors (Lipinski definition) is 4. The average Bonchev–Trinajstić information content (AvgIpc) is 3.11. The topological polar surface area (TPSA) is 72.2 Å². The fourth-order valence-corrected chi connectivity index (χ4v) is 2.41. The molecule has 0 radical (unpaired) electrons. The van der Waals surface area contributed by atoms with Crippen LogP contribution in [0.3, 0.4) is 0 Å². The molecule has 25 heavy (non-hydrogen) atoms. The maximum atomic E-state index is 12.3. The molecule has 3 aromatic rings. The second-order valence-corrected chi connectivity index (χ2v) is 5.76. The van der Waals surface area contributed by atoms with E-state index in [0.29, 0.717) is 11.4 Å². The van der Waals surface area contributed by atoms with Crippen LogP contribution in [0.5, 0.6) is 0 Å². The van der Waals surface area contributed by atoms with Crippen LogP contribution in [0.2, 0.25) is 0 Å². The predicted octanol–water partition coefficient (Wildman–Crippen LogP) is 1.74. The Morgan fingerprint density at radius 3 is 2.56 bits per heavy atom. The molecule has 7 heteroatoms. The van der Waals surface area contributed by atoms with E-state index in [-0.39, 0.29) is 18.0 Å². The van der Waals surface area contributed by atoms with Crippen LogP contribution in [0.15, 0.2) is 65.8 Å². The van der Waals surface area contributed by atoms with Crippen molar-refractivity contribution in [1.82, 2.24) is 14.3 Å². The van der Waals surface area contributed by atoms with Gasteiger partial charge in [0.15, 0.2) is 0 Å². The van der Waals surface area contributed by atoms with Crippen LogP contribution >= 0.6 is 0 Å². The highest BCUT2D eigenvalue weighted by Crippen LogP contribution is 2.19. The number of anilines is 2. The van der Waals surface area contributed by atoms with Crippen LogP contribution in [0.4, 0.5) is 11.4 Å². The van der Waals surface area contributed by atoms with Gasteiger partial charge in [-0.1, -0.05) is 12.1 Å². The first-order valence-electron chi connectivity index (χ1n) is 7.81. The van der Waals surface area contributed by atoms with Crippen molar-refractivity contribution < 1.29 is 4.79 Å². The Labute approximate surface area is 145 Å². The van der Waals surface area contributed by atoms with E-state index in [1.165, 1.54) is 6.07 Å². The molecule has 1 amide bonds. The zero-order valence-corrected chi connectivity index (χ0v) is 14.1. The van der Waals surface area contributed by atoms with Crippen LogP contribution in [0, 0.1) is 0 Å². The van der Waals surface area contributed by atoms with Crippen molar-refractivity contribution >= 4 is 17.3 Å². The van der Waals surface area contributed by atoms with E-state index in [1.807, 2.05) is 67.5 Å². The maximum absolute atomic E-state index is 12.3. The SMILES string of the molecule is CN(C)c1cnn(CC(=O)Nc2ccccc2-n2cccc2)c(=O)c1. The summed E-state index contributed by atoms with van der Waals surface area (Å²) in [4.78, 5) is 26.2. The number of amides is 1. The Hall–Kier alpha value is -3.35. The summed E-state index contributed by atoms with van der Waals surface area (Å²) in [6, 6.07) is 12.7. The normalized spacial score (nSPS) is 10.5. The fraction of sp³-hybridized carbons (Fsp3) is 0.167. The summed E-state index contributed by atoms with van der Waals surface area (Å²) in [5.41, 5.74) is 1.89. The molecule has 128 valence electrons. The first-order valence-corrected chi connectivity index (χ1v) is 7.81. The van der Waals surface area contributed by atoms with Gasteiger partial charge in [0.05, 0.1) is 23.3 Å². The van der Waals surface area contributed by atoms with Crippen LogP contribution in [-0.2, 0) is 11.3 Å². The molecule has 7 nitrogen and oxygen atoms in total. The molecule has 0 fully saturated rings. The lowest BCUT2D eigenvalue weighted by molar-refractivity contribution is -0.117. The largest absolute Gasteiger partial charge is 0.376 e. The summed E-state index contributed by atoms with van der Waals surface area (Å²) in [6.45, 7) is -0.146. The Morgan fingerprint density at radius 1 is 1.16 bits per heavy atom. The van der Waals surface area contributed by atoms with Gasteiger partial charge in [-0.25, -0.2) is 4.68 Å². The Balaban J connectivity index is 1.77. The lowest BCUT2D eigenvalue weighted by Crippen LogP contribution is -2.30. The van der Waals surface area contributed by atoms with E-state index in [1.54, 1.807) is 11.1 Å². The van der Waals surface area contributed by atoms with E-state index < -0.39 is 0 Å². The molecule has 0 saturated carbocycles. The molecule has 0 unspecified atom stereocenters. The van der Waals surface area contributed by atoms with Crippen molar-refractivity contribution in [2.24, 2.45) is 0 Å². The van der Waals surface area contributed by atoms with Crippen molar-refractivity contribution in [2.45, 2.75) is 6.54 Å². The molecule has 1 aromatic carbocycles. The number of nitrogens with zero attached hydrogens (tertiary/aromatic N) is 4. The number of benzene rings is 1. The van der Waals surface area contributed by atoms with Gasteiger partial charge in [0.1, 0.15) is 6.54 Å². The van der Waals surface area contributed by atoms with E-state index >= 15 is 0 Å². The highest BCUT2D eigenvalue weighted by molar-refractivity contribution is 5.92. The standard InChI is InChI=1S/C18H19N5O2/c1-21(2)14-11-18(25)23(19-12-14)13-17(24)20-15-7-3-4-8-16(15)22-9-5-6-10-22/h3-12H,13H2,1-2H3,(H,20,24). The maximum Gasteiger partial charge on any atom is 0.269 e. The fourth-order valence-electron chi connectivity index (χ4n) is 2.41. The summed E-state index contributed by atoms with van der Waals surface area (Å²) in [7, 11) is 3.65. The molecule has 0 saturated heterocycles. The van der Waals surface area contributed by atoms with Crippen LogP contribution < -0.4 is 15.8 Å². The van der Waals surface area contributed by atoms with Crippen molar-refractivity contribution in [3.05, 3.63) is 71.4 Å². The van der Waals surface area contributed by atoms with E-state index in [2.05, 4.69) is 10.4 Å². The number of nitrogens with one attached hydrogen (secondary N) is 1. The Kier molecular flexibility index (Phi) is 4.65. The van der Waals surface area contributed by atoms with Gasteiger partial charge in [0.25, 0.3) is 5.56 Å². The number of hydrogen-bond donors (Lipinski definition) is 1. The molecule has 2 aromatic heterocycles. The summed E-state index contributed by atoms with van der Waals surface area (Å²) >= 11 is 0. The van der Waals surface area contributed by atoms with E-state index in [4.69, 9.17) is 0 Å². The number of aromatic nitrogens is 3. The summed E-state index contributed by atoms with van der Waals surface area (Å²) in [6.07, 6.45) is 5.36. The van der Waals surface area contributed by atoms with Gasteiger partial charge in [-0.2, -0.15) is 5.10 Å². The van der Waals surface area contributed by atoms with E-state index in [9.17, 15) is 9.59 Å². The third-order valence-electron chi connectivity index (χ3n) is 3.73. The molecule has 2 heterocycles. The smallest absolute Gasteiger partial charge is 0.269 e. The van der Waals surface area contributed by atoms with Gasteiger partial charge < -0.3 is 14.8 Å². The van der Waals surface area contributed by atoms with Gasteiger partial charge in [-0.05, 0) is 24.3 Å². The molecule has 0 bridgehead atoms. The minimum absolute atomic E-state index is 0.146. The van der Waals surface area contributed by atoms with E-state index in [0.717, 1.165) is 10.4 Å². The highest BCUT2D eigenvalue weighted by atomic mass is 16.2. The molecule has 0 aliphatic rings. The minimum atomic E-state index is -0.319. The molecule has 0 aliphatic carbocycles. The zero-order valence-electron chi connectivity index (χ0n) is 14.1. The molecule has 0 spiro atoms. The van der Waals surface area contributed by atoms with Crippen molar-refractivity contribution in [2.75, 3.05) is 24.3 Å². The second-order valence-electron chi connectivity index (χ2n) is 5.76. The second kappa shape index (κ2) is 7.04. The lowest BCUT2D eigenvalue weighted by Gasteiger charge is -2.14. The van der Waals surface area contributed by atoms with Crippen molar-refractivity contribution in [3.8, 4) is 5.69 Å². The third kappa shape index (κ3) is 3.77. The van der Waals surface area contributed by atoms with Crippen LogP contribution in [0.1, 0.15) is 0 Å². The van der Waals surface area contributed by atoms with Gasteiger partial charge in [-0.15, -0.1) is 0 Å². The van der Waals surface area contributed by atoms with Gasteiger partial charge in [-0.3, -0.25) is 9.59 Å². The van der Waals surface area contributed by atoms with Gasteiger partial charge in [0, 0.05) is 32.6 Å². The molecule has 1 N–H and O–H groups in total. The number of rotatable bonds is 5. The van der Waals surface area contributed by atoms with Crippen LogP contribution in [-0.4, -0.2) is 34.4 Å². The minimum Gasteiger partial charge on any atom is -0.376 e. The van der Waals surface area contributed by atoms with Crippen LogP contribution in [0.25, 0.3) is 5.69 Å². The summed E-state index contributed by atoms with van der Waals surface area (Å²) < 4.78 is 3.05. The molecule has 3 rings (SSSR count). The number of carbonyl (C=O) groups excluding carboxylic acids is 1. The van der Waals surface area contributed by atoms with Gasteiger partial charge >= 0.3 is 0 Å². The molecule has 0 aliphatic heterocycles. The number of carbonyl (C=O) groups is 1. The number of para-hydroxylation sites is 2. The average molecular weight is 337 g/mol. The summed E-state index contributed by atoms with van der Waals surface area (Å²) in [5.74, 6) is -0.313. The van der Waals surface area contributed by atoms with Crippen molar-refractivity contribution in [1.29, 1.82) is 0 Å². The van der Waals surface area contributed by atoms with Crippen molar-refractivity contribution in [3.63, 3.8) is 0 Å². The molecular weight excluding hydrogens is 318 g/mol. The Morgan fingerprint density at radius 2 is 1.88 bits per heavy atom. The zero-order chi connectivity index (χ0) is 17.8. The Bertz CT molecular complexity index is 929. The molecular formula is C18H19N5O2. The molecule has 0 atom stereocenters. The quantitative estimate of drug-likeness (QED) is 0.770.